The first-order chi connectivity index (χ1) is 19.9. The molecule has 2 aromatic carbocycles. The predicted octanol–water partition coefficient (Wildman–Crippen LogP) is 5.27. The lowest BCUT2D eigenvalue weighted by atomic mass is 10.0. The number of fused-ring (bicyclic) bond motifs is 1. The van der Waals surface area contributed by atoms with Crippen molar-refractivity contribution in [2.75, 3.05) is 44.2 Å². The molecule has 3 heterocycles. The molecular formula is C29H30ClF4N5O3. The zero-order valence-electron chi connectivity index (χ0n) is 23.1. The van der Waals surface area contributed by atoms with Crippen molar-refractivity contribution in [2.24, 2.45) is 0 Å². The Bertz CT molecular complexity index is 1520. The summed E-state index contributed by atoms with van der Waals surface area (Å²) in [6, 6.07) is 4.23. The molecule has 224 valence electrons. The number of benzene rings is 2. The Labute approximate surface area is 245 Å². The highest BCUT2D eigenvalue weighted by atomic mass is 35.5. The number of carbonyl (C=O) groups excluding carboxylic acids is 1. The molecule has 8 nitrogen and oxygen atoms in total. The standard InChI is InChI=1S/C29H30ClF4N5O3/c1-4-22(41)38-13-17(3)39(14-16(38)2)27-18-12-19(30)23(24-20(31)6-5-7-21(24)40)25(32)26(18)35-28(36-27)42-11-10-37-9-8-29(33,34)15-37/h4-7,12,16-17,40H,1,8-11,13-15H2,2-3H3/t16-,17+/m1/s1. The van der Waals surface area contributed by atoms with Crippen molar-refractivity contribution in [3.05, 3.63) is 53.6 Å². The Morgan fingerprint density at radius 1 is 1.21 bits per heavy atom. The third kappa shape index (κ3) is 5.69. The number of nitrogens with zero attached hydrogens (tertiary/aromatic N) is 5. The molecule has 1 amide bonds. The van der Waals surface area contributed by atoms with Crippen LogP contribution in [0.5, 0.6) is 11.8 Å². The first-order valence-electron chi connectivity index (χ1n) is 13.5. The van der Waals surface area contributed by atoms with Crippen LogP contribution < -0.4 is 9.64 Å². The number of likely N-dealkylation sites (tertiary alicyclic amines) is 1. The van der Waals surface area contributed by atoms with Gasteiger partial charge in [0.15, 0.2) is 5.82 Å². The number of phenols is 1. The van der Waals surface area contributed by atoms with Crippen LogP contribution in [-0.2, 0) is 4.79 Å². The van der Waals surface area contributed by atoms with Crippen LogP contribution in [0.25, 0.3) is 22.0 Å². The molecule has 0 spiro atoms. The van der Waals surface area contributed by atoms with Gasteiger partial charge >= 0.3 is 6.01 Å². The number of hydrogen-bond donors (Lipinski definition) is 1. The number of ether oxygens (including phenoxy) is 1. The molecular weight excluding hydrogens is 578 g/mol. The second kappa shape index (κ2) is 11.6. The Balaban J connectivity index is 1.58. The molecule has 2 saturated heterocycles. The predicted molar refractivity (Wildman–Crippen MR) is 151 cm³/mol. The summed E-state index contributed by atoms with van der Waals surface area (Å²) in [6.07, 6.45) is 1.01. The molecule has 0 bridgehead atoms. The van der Waals surface area contributed by atoms with Crippen molar-refractivity contribution >= 4 is 34.2 Å². The van der Waals surface area contributed by atoms with E-state index in [4.69, 9.17) is 16.3 Å². The number of halogens is 5. The maximum Gasteiger partial charge on any atom is 0.319 e. The maximum absolute atomic E-state index is 16.3. The average molecular weight is 608 g/mol. The number of rotatable bonds is 7. The topological polar surface area (TPSA) is 82.0 Å². The number of piperazine rings is 1. The highest BCUT2D eigenvalue weighted by Gasteiger charge is 2.38. The van der Waals surface area contributed by atoms with Crippen molar-refractivity contribution in [1.82, 2.24) is 19.8 Å². The third-order valence-electron chi connectivity index (χ3n) is 7.69. The van der Waals surface area contributed by atoms with Crippen molar-refractivity contribution in [1.29, 1.82) is 0 Å². The Morgan fingerprint density at radius 2 is 1.98 bits per heavy atom. The summed E-state index contributed by atoms with van der Waals surface area (Å²) >= 11 is 6.51. The number of phenolic OH excluding ortho intramolecular Hbond substituents is 1. The summed E-state index contributed by atoms with van der Waals surface area (Å²) < 4.78 is 64.0. The molecule has 13 heteroatoms. The van der Waals surface area contributed by atoms with Gasteiger partial charge in [-0.2, -0.15) is 9.97 Å². The lowest BCUT2D eigenvalue weighted by Crippen LogP contribution is -2.58. The quantitative estimate of drug-likeness (QED) is 0.290. The van der Waals surface area contributed by atoms with E-state index in [0.29, 0.717) is 13.1 Å². The van der Waals surface area contributed by atoms with E-state index in [0.717, 1.165) is 6.07 Å². The Kier molecular flexibility index (Phi) is 8.21. The van der Waals surface area contributed by atoms with E-state index in [1.807, 2.05) is 18.7 Å². The minimum absolute atomic E-state index is 0.0369. The van der Waals surface area contributed by atoms with Crippen LogP contribution in [0.15, 0.2) is 36.9 Å². The van der Waals surface area contributed by atoms with Gasteiger partial charge in [0, 0.05) is 55.6 Å². The first-order valence-corrected chi connectivity index (χ1v) is 13.9. The number of carbonyl (C=O) groups is 1. The van der Waals surface area contributed by atoms with Crippen molar-refractivity contribution in [3.8, 4) is 22.9 Å². The van der Waals surface area contributed by atoms with Gasteiger partial charge in [0.05, 0.1) is 17.1 Å². The van der Waals surface area contributed by atoms with Crippen LogP contribution in [0.2, 0.25) is 5.02 Å². The maximum atomic E-state index is 16.3. The highest BCUT2D eigenvalue weighted by Crippen LogP contribution is 2.43. The molecule has 2 fully saturated rings. The summed E-state index contributed by atoms with van der Waals surface area (Å²) in [5.74, 6) is -5.08. The number of alkyl halides is 2. The Hall–Kier alpha value is -3.64. The minimum Gasteiger partial charge on any atom is -0.507 e. The smallest absolute Gasteiger partial charge is 0.319 e. The molecule has 0 aliphatic carbocycles. The van der Waals surface area contributed by atoms with E-state index in [1.54, 1.807) is 9.80 Å². The van der Waals surface area contributed by atoms with Crippen LogP contribution in [0.4, 0.5) is 23.4 Å². The molecule has 5 rings (SSSR count). The summed E-state index contributed by atoms with van der Waals surface area (Å²) in [7, 11) is 0. The van der Waals surface area contributed by atoms with Crippen LogP contribution >= 0.6 is 11.6 Å². The monoisotopic (exact) mass is 607 g/mol. The van der Waals surface area contributed by atoms with E-state index in [2.05, 4.69) is 16.5 Å². The second-order valence-corrected chi connectivity index (χ2v) is 11.1. The second-order valence-electron chi connectivity index (χ2n) is 10.7. The van der Waals surface area contributed by atoms with E-state index in [1.165, 1.54) is 24.3 Å². The van der Waals surface area contributed by atoms with Gasteiger partial charge in [-0.1, -0.05) is 24.2 Å². The average Bonchev–Trinajstić information content (AvgIpc) is 3.29. The van der Waals surface area contributed by atoms with Gasteiger partial charge in [-0.3, -0.25) is 9.69 Å². The molecule has 1 N–H and O–H groups in total. The van der Waals surface area contributed by atoms with Crippen molar-refractivity contribution in [2.45, 2.75) is 38.3 Å². The van der Waals surface area contributed by atoms with E-state index in [9.17, 15) is 23.1 Å². The molecule has 2 aliphatic rings. The van der Waals surface area contributed by atoms with E-state index < -0.39 is 28.9 Å². The minimum atomic E-state index is -2.76. The highest BCUT2D eigenvalue weighted by molar-refractivity contribution is 6.34. The van der Waals surface area contributed by atoms with Gasteiger partial charge in [0.1, 0.15) is 29.5 Å². The SMILES string of the molecule is C=CC(=O)N1C[C@H](C)N(c2nc(OCCN3CCC(F)(F)C3)nc3c(F)c(-c4c(O)cccc4F)c(Cl)cc23)C[C@H]1C. The first kappa shape index (κ1) is 29.8. The normalized spacial score (nSPS) is 20.7. The van der Waals surface area contributed by atoms with Gasteiger partial charge in [-0.25, -0.2) is 17.6 Å². The van der Waals surface area contributed by atoms with E-state index in [-0.39, 0.29) is 84.0 Å². The van der Waals surface area contributed by atoms with Crippen molar-refractivity contribution < 1.29 is 32.2 Å². The molecule has 0 unspecified atom stereocenters. The van der Waals surface area contributed by atoms with Crippen LogP contribution in [0.1, 0.15) is 20.3 Å². The van der Waals surface area contributed by atoms with Gasteiger partial charge in [-0.05, 0) is 38.1 Å². The molecule has 3 aromatic rings. The third-order valence-corrected chi connectivity index (χ3v) is 7.99. The van der Waals surface area contributed by atoms with Gasteiger partial charge in [0.25, 0.3) is 5.92 Å². The van der Waals surface area contributed by atoms with E-state index >= 15 is 4.39 Å². The zero-order valence-corrected chi connectivity index (χ0v) is 23.8. The lowest BCUT2D eigenvalue weighted by Gasteiger charge is -2.44. The molecule has 2 atom stereocenters. The zero-order chi connectivity index (χ0) is 30.3. The number of anilines is 1. The fourth-order valence-corrected chi connectivity index (χ4v) is 5.83. The van der Waals surface area contributed by atoms with Crippen LogP contribution in [0, 0.1) is 11.6 Å². The molecule has 0 radical (unpaired) electrons. The molecule has 1 aromatic heterocycles. The molecule has 42 heavy (non-hydrogen) atoms. The number of aromatic hydroxyl groups is 1. The van der Waals surface area contributed by atoms with Gasteiger partial charge < -0.3 is 19.6 Å². The Morgan fingerprint density at radius 3 is 2.64 bits per heavy atom. The number of aromatic nitrogens is 2. The fourth-order valence-electron chi connectivity index (χ4n) is 5.54. The molecule has 0 saturated carbocycles. The molecule has 2 aliphatic heterocycles. The summed E-state index contributed by atoms with van der Waals surface area (Å²) in [4.78, 5) is 26.3. The fraction of sp³-hybridized carbons (Fsp3) is 0.414. The summed E-state index contributed by atoms with van der Waals surface area (Å²) in [5, 5.41) is 10.4. The van der Waals surface area contributed by atoms with Gasteiger partial charge in [0.2, 0.25) is 5.91 Å². The summed E-state index contributed by atoms with van der Waals surface area (Å²) in [5.41, 5.74) is -1.02. The number of hydrogen-bond acceptors (Lipinski definition) is 7. The lowest BCUT2D eigenvalue weighted by molar-refractivity contribution is -0.128. The summed E-state index contributed by atoms with van der Waals surface area (Å²) in [6.45, 7) is 7.93. The number of amides is 1. The van der Waals surface area contributed by atoms with Crippen molar-refractivity contribution in [3.63, 3.8) is 0 Å². The van der Waals surface area contributed by atoms with Crippen LogP contribution in [-0.4, -0.2) is 88.1 Å². The van der Waals surface area contributed by atoms with Crippen LogP contribution in [0.3, 0.4) is 0 Å². The van der Waals surface area contributed by atoms with Gasteiger partial charge in [-0.15, -0.1) is 0 Å². The largest absolute Gasteiger partial charge is 0.507 e.